The molecule has 1 aliphatic heterocycles. The summed E-state index contributed by atoms with van der Waals surface area (Å²) in [7, 11) is 1.57. The maximum Gasteiger partial charge on any atom is 0.228 e. The van der Waals surface area contributed by atoms with Crippen molar-refractivity contribution in [2.24, 2.45) is 0 Å². The van der Waals surface area contributed by atoms with Crippen molar-refractivity contribution in [2.45, 2.75) is 31.7 Å². The zero-order chi connectivity index (χ0) is 15.5. The van der Waals surface area contributed by atoms with Crippen LogP contribution in [0.2, 0.25) is 5.02 Å². The van der Waals surface area contributed by atoms with Crippen LogP contribution in [0.4, 0.5) is 5.69 Å². The third kappa shape index (κ3) is 4.07. The molecule has 1 fully saturated rings. The fourth-order valence-electron chi connectivity index (χ4n) is 2.67. The Morgan fingerprint density at radius 3 is 2.96 bits per heavy atom. The Kier molecular flexibility index (Phi) is 6.10. The summed E-state index contributed by atoms with van der Waals surface area (Å²) in [5, 5.41) is 7.94. The van der Waals surface area contributed by atoms with Crippen molar-refractivity contribution >= 4 is 29.7 Å². The smallest absolute Gasteiger partial charge is 0.228 e. The Balaban J connectivity index is 0.00000192. The van der Waals surface area contributed by atoms with E-state index in [0.29, 0.717) is 39.8 Å². The van der Waals surface area contributed by atoms with Crippen LogP contribution in [0.3, 0.4) is 0 Å². The van der Waals surface area contributed by atoms with Crippen LogP contribution in [0.1, 0.15) is 25.2 Å². The Morgan fingerprint density at radius 2 is 2.26 bits per heavy atom. The normalized spacial score (nSPS) is 17.6. The zero-order valence-electron chi connectivity index (χ0n) is 12.8. The first kappa shape index (κ1) is 17.8. The predicted octanol–water partition coefficient (Wildman–Crippen LogP) is 3.09. The van der Waals surface area contributed by atoms with Crippen molar-refractivity contribution < 1.29 is 9.26 Å². The molecule has 1 aromatic heterocycles. The van der Waals surface area contributed by atoms with Crippen LogP contribution in [-0.2, 0) is 6.42 Å². The molecule has 2 aromatic rings. The standard InChI is InChI=1S/C15H19ClN4O2.ClH/c1-21-13-8-12(17)11(16)7-10(13)15-19-14(22-20-15)6-9-4-2-3-5-18-9;/h7-9,18H,2-6,17H2,1H3;1H/t9-;/m0./s1. The molecule has 0 aliphatic carbocycles. The molecule has 1 aliphatic rings. The number of hydrogen-bond donors (Lipinski definition) is 2. The summed E-state index contributed by atoms with van der Waals surface area (Å²) in [5.74, 6) is 1.65. The quantitative estimate of drug-likeness (QED) is 0.816. The molecule has 3 N–H and O–H groups in total. The van der Waals surface area contributed by atoms with Crippen LogP contribution < -0.4 is 15.8 Å². The van der Waals surface area contributed by atoms with E-state index in [4.69, 9.17) is 26.6 Å². The number of aromatic nitrogens is 2. The number of anilines is 1. The highest BCUT2D eigenvalue weighted by atomic mass is 35.5. The van der Waals surface area contributed by atoms with E-state index in [2.05, 4.69) is 15.5 Å². The fraction of sp³-hybridized carbons (Fsp3) is 0.467. The molecule has 0 amide bonds. The van der Waals surface area contributed by atoms with Gasteiger partial charge < -0.3 is 20.3 Å². The minimum Gasteiger partial charge on any atom is -0.496 e. The molecule has 1 saturated heterocycles. The Bertz CT molecular complexity index is 657. The summed E-state index contributed by atoms with van der Waals surface area (Å²) in [6, 6.07) is 3.76. The highest BCUT2D eigenvalue weighted by molar-refractivity contribution is 6.33. The van der Waals surface area contributed by atoms with Crippen molar-refractivity contribution in [1.29, 1.82) is 0 Å². The SMILES string of the molecule is COc1cc(N)c(Cl)cc1-c1noc(C[C@@H]2CCCCN2)n1.Cl. The molecule has 2 heterocycles. The average Bonchev–Trinajstić information content (AvgIpc) is 2.99. The topological polar surface area (TPSA) is 86.2 Å². The number of piperidine rings is 1. The van der Waals surface area contributed by atoms with E-state index in [1.54, 1.807) is 19.2 Å². The molecule has 0 radical (unpaired) electrons. The molecule has 1 atom stereocenters. The van der Waals surface area contributed by atoms with E-state index in [-0.39, 0.29) is 12.4 Å². The molecule has 0 spiro atoms. The maximum absolute atomic E-state index is 6.08. The third-order valence-electron chi connectivity index (χ3n) is 3.86. The minimum atomic E-state index is 0. The van der Waals surface area contributed by atoms with Crippen molar-refractivity contribution in [1.82, 2.24) is 15.5 Å². The highest BCUT2D eigenvalue weighted by Crippen LogP contribution is 2.34. The van der Waals surface area contributed by atoms with E-state index in [0.717, 1.165) is 19.4 Å². The summed E-state index contributed by atoms with van der Waals surface area (Å²) in [5.41, 5.74) is 6.92. The van der Waals surface area contributed by atoms with E-state index < -0.39 is 0 Å². The minimum absolute atomic E-state index is 0. The number of hydrogen-bond acceptors (Lipinski definition) is 6. The Labute approximate surface area is 146 Å². The molecule has 1 aromatic carbocycles. The predicted molar refractivity (Wildman–Crippen MR) is 92.3 cm³/mol. The van der Waals surface area contributed by atoms with Gasteiger partial charge in [0.15, 0.2) is 0 Å². The van der Waals surface area contributed by atoms with E-state index in [1.807, 2.05) is 0 Å². The number of nitrogens with two attached hydrogens (primary N) is 1. The first-order valence-corrected chi connectivity index (χ1v) is 7.74. The van der Waals surface area contributed by atoms with Crippen LogP contribution in [0, 0.1) is 0 Å². The van der Waals surface area contributed by atoms with Crippen molar-refractivity contribution in [2.75, 3.05) is 19.4 Å². The van der Waals surface area contributed by atoms with Gasteiger partial charge in [0.05, 0.1) is 23.4 Å². The van der Waals surface area contributed by atoms with Crippen LogP contribution in [-0.4, -0.2) is 29.8 Å². The number of halogens is 2. The Hall–Kier alpha value is -1.50. The van der Waals surface area contributed by atoms with Gasteiger partial charge >= 0.3 is 0 Å². The zero-order valence-corrected chi connectivity index (χ0v) is 14.4. The van der Waals surface area contributed by atoms with Gasteiger partial charge in [-0.15, -0.1) is 12.4 Å². The van der Waals surface area contributed by atoms with Gasteiger partial charge in [-0.3, -0.25) is 0 Å². The van der Waals surface area contributed by atoms with Crippen molar-refractivity contribution in [3.63, 3.8) is 0 Å². The number of nitrogens with one attached hydrogen (secondary N) is 1. The molecule has 0 bridgehead atoms. The number of benzene rings is 1. The van der Waals surface area contributed by atoms with Crippen LogP contribution in [0.15, 0.2) is 16.7 Å². The number of nitrogen functional groups attached to an aromatic ring is 1. The molecule has 3 rings (SSSR count). The summed E-state index contributed by atoms with van der Waals surface area (Å²) < 4.78 is 10.7. The van der Waals surface area contributed by atoms with Crippen LogP contribution in [0.25, 0.3) is 11.4 Å². The lowest BCUT2D eigenvalue weighted by Crippen LogP contribution is -2.35. The number of nitrogens with zero attached hydrogens (tertiary/aromatic N) is 2. The van der Waals surface area contributed by atoms with Gasteiger partial charge in [0.1, 0.15) is 5.75 Å². The molecule has 6 nitrogen and oxygen atoms in total. The van der Waals surface area contributed by atoms with Crippen molar-refractivity contribution in [3.8, 4) is 17.1 Å². The molecular formula is C15H20Cl2N4O2. The molecule has 8 heteroatoms. The molecule has 126 valence electrons. The second-order valence-corrected chi connectivity index (χ2v) is 5.84. The van der Waals surface area contributed by atoms with Gasteiger partial charge in [0.25, 0.3) is 0 Å². The molecular weight excluding hydrogens is 339 g/mol. The maximum atomic E-state index is 6.08. The van der Waals surface area contributed by atoms with Gasteiger partial charge in [-0.2, -0.15) is 4.98 Å². The summed E-state index contributed by atoms with van der Waals surface area (Å²) in [6.07, 6.45) is 4.33. The molecule has 0 unspecified atom stereocenters. The number of methoxy groups -OCH3 is 1. The van der Waals surface area contributed by atoms with Crippen LogP contribution in [0.5, 0.6) is 5.75 Å². The number of ether oxygens (including phenoxy) is 1. The molecule has 0 saturated carbocycles. The monoisotopic (exact) mass is 358 g/mol. The number of rotatable bonds is 4. The van der Waals surface area contributed by atoms with Crippen LogP contribution >= 0.6 is 24.0 Å². The van der Waals surface area contributed by atoms with Gasteiger partial charge in [0, 0.05) is 18.5 Å². The van der Waals surface area contributed by atoms with E-state index in [1.165, 1.54) is 12.8 Å². The second kappa shape index (κ2) is 7.86. The van der Waals surface area contributed by atoms with E-state index >= 15 is 0 Å². The van der Waals surface area contributed by atoms with Crippen molar-refractivity contribution in [3.05, 3.63) is 23.0 Å². The average molecular weight is 359 g/mol. The first-order valence-electron chi connectivity index (χ1n) is 7.36. The third-order valence-corrected chi connectivity index (χ3v) is 4.19. The van der Waals surface area contributed by atoms with Gasteiger partial charge in [-0.25, -0.2) is 0 Å². The summed E-state index contributed by atoms with van der Waals surface area (Å²) in [6.45, 7) is 1.05. The van der Waals surface area contributed by atoms with Gasteiger partial charge in [-0.1, -0.05) is 23.2 Å². The summed E-state index contributed by atoms with van der Waals surface area (Å²) >= 11 is 6.08. The molecule has 23 heavy (non-hydrogen) atoms. The first-order chi connectivity index (χ1) is 10.7. The lowest BCUT2D eigenvalue weighted by Gasteiger charge is -2.21. The lowest BCUT2D eigenvalue weighted by atomic mass is 10.0. The highest BCUT2D eigenvalue weighted by Gasteiger charge is 2.19. The Morgan fingerprint density at radius 1 is 1.43 bits per heavy atom. The van der Waals surface area contributed by atoms with Gasteiger partial charge in [0.2, 0.25) is 11.7 Å². The lowest BCUT2D eigenvalue weighted by molar-refractivity contribution is 0.331. The van der Waals surface area contributed by atoms with E-state index in [9.17, 15) is 0 Å². The second-order valence-electron chi connectivity index (χ2n) is 5.44. The van der Waals surface area contributed by atoms with Gasteiger partial charge in [-0.05, 0) is 25.5 Å². The fourth-order valence-corrected chi connectivity index (χ4v) is 2.83. The summed E-state index contributed by atoms with van der Waals surface area (Å²) in [4.78, 5) is 4.46. The largest absolute Gasteiger partial charge is 0.496 e.